The summed E-state index contributed by atoms with van der Waals surface area (Å²) in [5.41, 5.74) is -0.328. The highest BCUT2D eigenvalue weighted by atomic mass is 16.5. The Morgan fingerprint density at radius 2 is 2.32 bits per heavy atom. The highest BCUT2D eigenvalue weighted by Crippen LogP contribution is 2.41. The molecule has 3 atom stereocenters. The van der Waals surface area contributed by atoms with Gasteiger partial charge in [-0.05, 0) is 38.1 Å². The summed E-state index contributed by atoms with van der Waals surface area (Å²) < 4.78 is 11.3. The predicted molar refractivity (Wildman–Crippen MR) is 70.8 cm³/mol. The molecule has 0 radical (unpaired) electrons. The fourth-order valence-corrected chi connectivity index (χ4v) is 3.43. The lowest BCUT2D eigenvalue weighted by atomic mass is 9.78. The van der Waals surface area contributed by atoms with Crippen molar-refractivity contribution >= 4 is 0 Å². The second kappa shape index (κ2) is 5.21. The summed E-state index contributed by atoms with van der Waals surface area (Å²) in [6.07, 6.45) is 5.51. The molecule has 1 N–H and O–H groups in total. The Morgan fingerprint density at radius 1 is 1.42 bits per heavy atom. The Bertz CT molecular complexity index is 428. The minimum atomic E-state index is -0.328. The van der Waals surface area contributed by atoms with Crippen molar-refractivity contribution in [1.29, 1.82) is 0 Å². The van der Waals surface area contributed by atoms with Crippen LogP contribution in [0.1, 0.15) is 56.7 Å². The van der Waals surface area contributed by atoms with Crippen molar-refractivity contribution in [2.45, 2.75) is 50.5 Å². The maximum Gasteiger partial charge on any atom is 0.231 e. The Morgan fingerprint density at radius 3 is 3.00 bits per heavy atom. The number of methoxy groups -OCH3 is 1. The van der Waals surface area contributed by atoms with Gasteiger partial charge in [0, 0.05) is 13.7 Å². The first-order chi connectivity index (χ1) is 9.23. The molecule has 0 spiro atoms. The van der Waals surface area contributed by atoms with Gasteiger partial charge in [-0.15, -0.1) is 0 Å². The van der Waals surface area contributed by atoms with Crippen LogP contribution in [-0.4, -0.2) is 30.3 Å². The predicted octanol–water partition coefficient (Wildman–Crippen LogP) is 2.20. The van der Waals surface area contributed by atoms with Crippen LogP contribution in [-0.2, 0) is 10.3 Å². The Balaban J connectivity index is 1.83. The zero-order chi connectivity index (χ0) is 13.3. The Labute approximate surface area is 114 Å². The van der Waals surface area contributed by atoms with E-state index in [9.17, 15) is 0 Å². The van der Waals surface area contributed by atoms with E-state index >= 15 is 0 Å². The van der Waals surface area contributed by atoms with Gasteiger partial charge in [0.1, 0.15) is 5.60 Å². The van der Waals surface area contributed by atoms with Crippen molar-refractivity contribution < 1.29 is 9.26 Å². The molecule has 5 heteroatoms. The largest absolute Gasteiger partial charge is 0.370 e. The number of aromatic nitrogens is 2. The van der Waals surface area contributed by atoms with E-state index in [1.54, 1.807) is 7.11 Å². The van der Waals surface area contributed by atoms with Crippen LogP contribution in [0.25, 0.3) is 0 Å². The van der Waals surface area contributed by atoms with Crippen LogP contribution in [0.5, 0.6) is 0 Å². The van der Waals surface area contributed by atoms with Crippen LogP contribution >= 0.6 is 0 Å². The highest BCUT2D eigenvalue weighted by Gasteiger charge is 2.41. The topological polar surface area (TPSA) is 60.2 Å². The zero-order valence-electron chi connectivity index (χ0n) is 11.8. The smallest absolute Gasteiger partial charge is 0.231 e. The summed E-state index contributed by atoms with van der Waals surface area (Å²) in [7, 11) is 1.77. The quantitative estimate of drug-likeness (QED) is 0.908. The normalized spacial score (nSPS) is 35.7. The van der Waals surface area contributed by atoms with Crippen LogP contribution in [0.3, 0.4) is 0 Å². The van der Waals surface area contributed by atoms with E-state index in [1.807, 2.05) is 0 Å². The van der Waals surface area contributed by atoms with Crippen molar-refractivity contribution in [3.05, 3.63) is 11.7 Å². The Hall–Kier alpha value is -0.940. The fourth-order valence-electron chi connectivity index (χ4n) is 3.43. The molecule has 2 fully saturated rings. The number of nitrogens with zero attached hydrogens (tertiary/aromatic N) is 2. The van der Waals surface area contributed by atoms with Crippen molar-refractivity contribution in [3.8, 4) is 0 Å². The SMILES string of the molecule is COC1(c2noc(C3CCNC3)n2)CCCC(C)C1. The molecule has 1 saturated carbocycles. The van der Waals surface area contributed by atoms with E-state index in [2.05, 4.69) is 22.4 Å². The van der Waals surface area contributed by atoms with E-state index in [4.69, 9.17) is 9.26 Å². The number of hydrogen-bond acceptors (Lipinski definition) is 5. The van der Waals surface area contributed by atoms with Crippen LogP contribution in [0.15, 0.2) is 4.52 Å². The molecule has 1 aliphatic heterocycles. The van der Waals surface area contributed by atoms with Gasteiger partial charge >= 0.3 is 0 Å². The molecule has 5 nitrogen and oxygen atoms in total. The molecule has 3 rings (SSSR count). The summed E-state index contributed by atoms with van der Waals surface area (Å²) in [6.45, 7) is 4.25. The van der Waals surface area contributed by atoms with Crippen molar-refractivity contribution in [3.63, 3.8) is 0 Å². The van der Waals surface area contributed by atoms with Gasteiger partial charge in [-0.3, -0.25) is 0 Å². The summed E-state index contributed by atoms with van der Waals surface area (Å²) >= 11 is 0. The minimum Gasteiger partial charge on any atom is -0.370 e. The number of hydrogen-bond donors (Lipinski definition) is 1. The van der Waals surface area contributed by atoms with Crippen LogP contribution in [0.2, 0.25) is 0 Å². The van der Waals surface area contributed by atoms with Gasteiger partial charge in [0.25, 0.3) is 0 Å². The Kier molecular flexibility index (Phi) is 3.58. The molecule has 1 aliphatic carbocycles. The molecule has 0 bridgehead atoms. The second-order valence-electron chi connectivity index (χ2n) is 6.05. The van der Waals surface area contributed by atoms with Crippen LogP contribution in [0, 0.1) is 5.92 Å². The summed E-state index contributed by atoms with van der Waals surface area (Å²) in [5, 5.41) is 7.55. The molecule has 2 heterocycles. The number of rotatable bonds is 3. The molecule has 1 saturated heterocycles. The lowest BCUT2D eigenvalue weighted by Gasteiger charge is -2.36. The van der Waals surface area contributed by atoms with Crippen LogP contribution in [0.4, 0.5) is 0 Å². The lowest BCUT2D eigenvalue weighted by Crippen LogP contribution is -2.35. The van der Waals surface area contributed by atoms with Gasteiger partial charge < -0.3 is 14.6 Å². The average molecular weight is 265 g/mol. The summed E-state index contributed by atoms with van der Waals surface area (Å²) in [4.78, 5) is 4.65. The van der Waals surface area contributed by atoms with Crippen LogP contribution < -0.4 is 5.32 Å². The molecule has 1 aromatic rings. The van der Waals surface area contributed by atoms with Gasteiger partial charge in [-0.2, -0.15) is 4.98 Å². The summed E-state index contributed by atoms with van der Waals surface area (Å²) in [6, 6.07) is 0. The molecular weight excluding hydrogens is 242 g/mol. The maximum atomic E-state index is 5.81. The molecule has 1 aromatic heterocycles. The first kappa shape index (κ1) is 13.1. The molecule has 2 aliphatic rings. The first-order valence-electron chi connectivity index (χ1n) is 7.33. The van der Waals surface area contributed by atoms with Gasteiger partial charge in [-0.1, -0.05) is 18.5 Å². The lowest BCUT2D eigenvalue weighted by molar-refractivity contribution is -0.0658. The van der Waals surface area contributed by atoms with Gasteiger partial charge in [0.2, 0.25) is 11.7 Å². The van der Waals surface area contributed by atoms with E-state index in [1.165, 1.54) is 12.8 Å². The molecule has 106 valence electrons. The molecule has 0 aromatic carbocycles. The monoisotopic (exact) mass is 265 g/mol. The van der Waals surface area contributed by atoms with E-state index in [-0.39, 0.29) is 5.60 Å². The first-order valence-corrected chi connectivity index (χ1v) is 7.33. The minimum absolute atomic E-state index is 0.328. The second-order valence-corrected chi connectivity index (χ2v) is 6.05. The third-order valence-corrected chi connectivity index (χ3v) is 4.61. The van der Waals surface area contributed by atoms with Gasteiger partial charge in [0.15, 0.2) is 0 Å². The van der Waals surface area contributed by atoms with Crippen molar-refractivity contribution in [2.24, 2.45) is 5.92 Å². The standard InChI is InChI=1S/C14H23N3O2/c1-10-4-3-6-14(8-10,18-2)13-16-12(19-17-13)11-5-7-15-9-11/h10-11,15H,3-9H2,1-2H3. The fraction of sp³-hybridized carbons (Fsp3) is 0.857. The number of nitrogens with one attached hydrogen (secondary N) is 1. The van der Waals surface area contributed by atoms with E-state index < -0.39 is 0 Å². The third-order valence-electron chi connectivity index (χ3n) is 4.61. The summed E-state index contributed by atoms with van der Waals surface area (Å²) in [5.74, 6) is 2.55. The zero-order valence-corrected chi connectivity index (χ0v) is 11.8. The molecule has 3 unspecified atom stereocenters. The molecule has 19 heavy (non-hydrogen) atoms. The van der Waals surface area contributed by atoms with E-state index in [0.717, 1.165) is 44.1 Å². The maximum absolute atomic E-state index is 5.81. The number of ether oxygens (including phenoxy) is 1. The average Bonchev–Trinajstić information content (AvgIpc) is 3.09. The van der Waals surface area contributed by atoms with Gasteiger partial charge in [-0.25, -0.2) is 0 Å². The van der Waals surface area contributed by atoms with Crippen molar-refractivity contribution in [2.75, 3.05) is 20.2 Å². The molecule has 0 amide bonds. The van der Waals surface area contributed by atoms with E-state index in [0.29, 0.717) is 11.8 Å². The molecular formula is C14H23N3O2. The third kappa shape index (κ3) is 2.41. The highest BCUT2D eigenvalue weighted by molar-refractivity contribution is 5.07. The van der Waals surface area contributed by atoms with Crippen molar-refractivity contribution in [1.82, 2.24) is 15.5 Å². The van der Waals surface area contributed by atoms with Gasteiger partial charge in [0.05, 0.1) is 5.92 Å².